The van der Waals surface area contributed by atoms with Crippen molar-refractivity contribution < 1.29 is 27.4 Å². The van der Waals surface area contributed by atoms with Crippen LogP contribution in [0, 0.1) is 5.92 Å². The lowest BCUT2D eigenvalue weighted by Gasteiger charge is -2.17. The normalized spacial score (nSPS) is 14.5. The number of amides is 1. The molecule has 2 N–H and O–H groups in total. The molecule has 0 unspecified atom stereocenters. The number of anilines is 1. The number of sulfonamides is 1. The molecule has 10 heteroatoms. The van der Waals surface area contributed by atoms with Crippen LogP contribution in [0.15, 0.2) is 35.2 Å². The van der Waals surface area contributed by atoms with Gasteiger partial charge in [-0.1, -0.05) is 11.6 Å². The Bertz CT molecular complexity index is 1090. The number of ether oxygens (including phenoxy) is 3. The number of hydrogen-bond acceptors (Lipinski definition) is 6. The summed E-state index contributed by atoms with van der Waals surface area (Å²) >= 11 is 6.14. The van der Waals surface area contributed by atoms with E-state index in [2.05, 4.69) is 10.0 Å². The van der Waals surface area contributed by atoms with Gasteiger partial charge in [0.2, 0.25) is 0 Å². The number of benzene rings is 2. The molecule has 168 valence electrons. The maximum atomic E-state index is 13.2. The van der Waals surface area contributed by atoms with E-state index in [-0.39, 0.29) is 44.6 Å². The van der Waals surface area contributed by atoms with Gasteiger partial charge in [-0.2, -0.15) is 0 Å². The summed E-state index contributed by atoms with van der Waals surface area (Å²) < 4.78 is 44.4. The topological polar surface area (TPSA) is 103 Å². The molecule has 0 saturated heterocycles. The maximum absolute atomic E-state index is 13.2. The minimum atomic E-state index is -4.15. The second-order valence-electron chi connectivity index (χ2n) is 7.26. The SMILES string of the molecule is COc1cc(OC)c(NS(=O)(=O)c2cc(C(=O)N[C@@H](C)C3CC3)ccc2OC)cc1Cl. The lowest BCUT2D eigenvalue weighted by Crippen LogP contribution is -2.34. The highest BCUT2D eigenvalue weighted by Gasteiger charge is 2.30. The average molecular weight is 469 g/mol. The van der Waals surface area contributed by atoms with Crippen LogP contribution in [0.5, 0.6) is 17.2 Å². The van der Waals surface area contributed by atoms with Gasteiger partial charge in [0.05, 0.1) is 32.0 Å². The second-order valence-corrected chi connectivity index (χ2v) is 9.32. The van der Waals surface area contributed by atoms with E-state index in [0.717, 1.165) is 12.8 Å². The van der Waals surface area contributed by atoms with Crippen LogP contribution in [0.3, 0.4) is 0 Å². The van der Waals surface area contributed by atoms with Gasteiger partial charge in [-0.05, 0) is 49.9 Å². The summed E-state index contributed by atoms with van der Waals surface area (Å²) in [6, 6.07) is 7.14. The molecule has 1 amide bonds. The average Bonchev–Trinajstić information content (AvgIpc) is 3.58. The summed E-state index contributed by atoms with van der Waals surface area (Å²) in [7, 11) is 0.0437. The third-order valence-corrected chi connectivity index (χ3v) is 6.80. The zero-order valence-electron chi connectivity index (χ0n) is 17.7. The van der Waals surface area contributed by atoms with Gasteiger partial charge < -0.3 is 19.5 Å². The minimum Gasteiger partial charge on any atom is -0.495 e. The smallest absolute Gasteiger partial charge is 0.265 e. The van der Waals surface area contributed by atoms with Crippen LogP contribution in [0.25, 0.3) is 0 Å². The zero-order chi connectivity index (χ0) is 22.8. The molecule has 2 aromatic rings. The fraction of sp³-hybridized carbons (Fsp3) is 0.381. The monoisotopic (exact) mass is 468 g/mol. The van der Waals surface area contributed by atoms with Gasteiger partial charge in [0.15, 0.2) is 0 Å². The third kappa shape index (κ3) is 5.16. The minimum absolute atomic E-state index is 0.0264. The fourth-order valence-corrected chi connectivity index (χ4v) is 4.67. The number of carbonyl (C=O) groups excluding carboxylic acids is 1. The Kier molecular flexibility index (Phi) is 6.86. The number of halogens is 1. The molecule has 1 aliphatic rings. The summed E-state index contributed by atoms with van der Waals surface area (Å²) in [6.07, 6.45) is 2.17. The van der Waals surface area contributed by atoms with Crippen molar-refractivity contribution in [2.45, 2.75) is 30.7 Å². The Morgan fingerprint density at radius 2 is 1.68 bits per heavy atom. The Morgan fingerprint density at radius 1 is 1.03 bits per heavy atom. The standard InChI is InChI=1S/C21H25ClN2O6S/c1-12(13-5-6-13)23-21(25)14-7-8-17(28-2)20(9-14)31(26,27)24-16-10-15(22)18(29-3)11-19(16)30-4/h7-13,24H,5-6H2,1-4H3,(H,23,25)/t12-/m0/s1. The van der Waals surface area contributed by atoms with Crippen LogP contribution in [0.2, 0.25) is 5.02 Å². The Balaban J connectivity index is 1.94. The molecular formula is C21H25ClN2O6S. The van der Waals surface area contributed by atoms with Crippen LogP contribution in [-0.4, -0.2) is 41.7 Å². The van der Waals surface area contributed by atoms with Gasteiger partial charge in [0.25, 0.3) is 15.9 Å². The molecule has 0 spiro atoms. The van der Waals surface area contributed by atoms with E-state index in [1.165, 1.54) is 51.7 Å². The molecule has 1 aliphatic carbocycles. The van der Waals surface area contributed by atoms with Crippen molar-refractivity contribution in [3.05, 3.63) is 40.9 Å². The van der Waals surface area contributed by atoms with Gasteiger partial charge in [-0.25, -0.2) is 8.42 Å². The van der Waals surface area contributed by atoms with Gasteiger partial charge >= 0.3 is 0 Å². The zero-order valence-corrected chi connectivity index (χ0v) is 19.3. The lowest BCUT2D eigenvalue weighted by atomic mass is 10.1. The van der Waals surface area contributed by atoms with Crippen molar-refractivity contribution in [2.75, 3.05) is 26.1 Å². The molecule has 0 heterocycles. The van der Waals surface area contributed by atoms with Gasteiger partial charge in [0, 0.05) is 17.7 Å². The van der Waals surface area contributed by atoms with Crippen LogP contribution >= 0.6 is 11.6 Å². The molecule has 8 nitrogen and oxygen atoms in total. The molecule has 1 fully saturated rings. The molecule has 0 radical (unpaired) electrons. The predicted molar refractivity (Wildman–Crippen MR) is 118 cm³/mol. The lowest BCUT2D eigenvalue weighted by molar-refractivity contribution is 0.0935. The molecule has 0 bridgehead atoms. The Labute approximate surface area is 186 Å². The van der Waals surface area contributed by atoms with Gasteiger partial charge in [0.1, 0.15) is 22.1 Å². The summed E-state index contributed by atoms with van der Waals surface area (Å²) in [6.45, 7) is 1.94. The predicted octanol–water partition coefficient (Wildman–Crippen LogP) is 3.69. The molecule has 2 aromatic carbocycles. The quantitative estimate of drug-likeness (QED) is 0.581. The molecule has 3 rings (SSSR count). The van der Waals surface area contributed by atoms with E-state index < -0.39 is 10.0 Å². The van der Waals surface area contributed by atoms with E-state index in [4.69, 9.17) is 25.8 Å². The number of rotatable bonds is 9. The molecule has 0 aromatic heterocycles. The summed E-state index contributed by atoms with van der Waals surface area (Å²) in [5.74, 6) is 0.777. The molecule has 31 heavy (non-hydrogen) atoms. The van der Waals surface area contributed by atoms with Crippen LogP contribution in [0.1, 0.15) is 30.1 Å². The van der Waals surface area contributed by atoms with E-state index in [9.17, 15) is 13.2 Å². The fourth-order valence-electron chi connectivity index (χ4n) is 3.17. The van der Waals surface area contributed by atoms with Crippen LogP contribution in [0.4, 0.5) is 5.69 Å². The number of nitrogens with one attached hydrogen (secondary N) is 2. The highest BCUT2D eigenvalue weighted by molar-refractivity contribution is 7.92. The van der Waals surface area contributed by atoms with E-state index in [1.807, 2.05) is 6.92 Å². The Hall–Kier alpha value is -2.65. The summed E-state index contributed by atoms with van der Waals surface area (Å²) in [5.41, 5.74) is 0.334. The first kappa shape index (κ1) is 23.0. The number of methoxy groups -OCH3 is 3. The van der Waals surface area contributed by atoms with Crippen molar-refractivity contribution in [3.8, 4) is 17.2 Å². The number of hydrogen-bond donors (Lipinski definition) is 2. The van der Waals surface area contributed by atoms with Gasteiger partial charge in [-0.3, -0.25) is 9.52 Å². The van der Waals surface area contributed by atoms with E-state index in [1.54, 1.807) is 0 Å². The molecule has 1 atom stereocenters. The largest absolute Gasteiger partial charge is 0.495 e. The maximum Gasteiger partial charge on any atom is 0.265 e. The first-order valence-corrected chi connectivity index (χ1v) is 11.5. The summed E-state index contributed by atoms with van der Waals surface area (Å²) in [4.78, 5) is 12.4. The van der Waals surface area contributed by atoms with Crippen LogP contribution in [-0.2, 0) is 10.0 Å². The van der Waals surface area contributed by atoms with Crippen molar-refractivity contribution in [1.29, 1.82) is 0 Å². The second kappa shape index (κ2) is 9.23. The molecule has 0 aliphatic heterocycles. The van der Waals surface area contributed by atoms with Crippen molar-refractivity contribution in [1.82, 2.24) is 5.32 Å². The number of carbonyl (C=O) groups is 1. The van der Waals surface area contributed by atoms with E-state index >= 15 is 0 Å². The van der Waals surface area contributed by atoms with Crippen molar-refractivity contribution >= 4 is 33.2 Å². The highest BCUT2D eigenvalue weighted by atomic mass is 35.5. The van der Waals surface area contributed by atoms with Gasteiger partial charge in [-0.15, -0.1) is 0 Å². The first-order valence-electron chi connectivity index (χ1n) is 9.63. The van der Waals surface area contributed by atoms with Crippen molar-refractivity contribution in [3.63, 3.8) is 0 Å². The summed E-state index contributed by atoms with van der Waals surface area (Å²) in [5, 5.41) is 3.12. The molecular weight excluding hydrogens is 444 g/mol. The molecule has 1 saturated carbocycles. The first-order chi connectivity index (χ1) is 14.7. The van der Waals surface area contributed by atoms with Crippen LogP contribution < -0.4 is 24.2 Å². The Morgan fingerprint density at radius 3 is 2.26 bits per heavy atom. The highest BCUT2D eigenvalue weighted by Crippen LogP contribution is 2.38. The third-order valence-electron chi connectivity index (χ3n) is 5.12. The van der Waals surface area contributed by atoms with E-state index in [0.29, 0.717) is 11.7 Å². The van der Waals surface area contributed by atoms with Crippen molar-refractivity contribution in [2.24, 2.45) is 5.92 Å².